The summed E-state index contributed by atoms with van der Waals surface area (Å²) in [7, 11) is 0. The van der Waals surface area contributed by atoms with E-state index in [0.717, 1.165) is 16.7 Å². The molecular formula is C9H11BrCl2N2. The van der Waals surface area contributed by atoms with E-state index < -0.39 is 0 Å². The van der Waals surface area contributed by atoms with Crippen LogP contribution in [-0.4, -0.2) is 16.9 Å². The zero-order valence-electron chi connectivity index (χ0n) is 7.73. The summed E-state index contributed by atoms with van der Waals surface area (Å²) in [6, 6.07) is 1.80. The molecule has 1 aromatic rings. The Morgan fingerprint density at radius 1 is 1.64 bits per heavy atom. The third-order valence-corrected chi connectivity index (χ3v) is 3.02. The average Bonchev–Trinajstić information content (AvgIpc) is 2.16. The number of alkyl halides is 1. The number of rotatable bonds is 4. The summed E-state index contributed by atoms with van der Waals surface area (Å²) in [4.78, 5) is 4.14. The molecule has 0 saturated carbocycles. The number of pyridine rings is 1. The minimum atomic E-state index is 0.124. The molecule has 0 aliphatic rings. The van der Waals surface area contributed by atoms with Gasteiger partial charge in [-0.1, -0.05) is 18.5 Å². The van der Waals surface area contributed by atoms with Gasteiger partial charge in [0, 0.05) is 12.7 Å². The zero-order valence-corrected chi connectivity index (χ0v) is 10.8. The van der Waals surface area contributed by atoms with E-state index in [9.17, 15) is 0 Å². The monoisotopic (exact) mass is 296 g/mol. The molecule has 0 aromatic carbocycles. The van der Waals surface area contributed by atoms with E-state index in [2.05, 4.69) is 26.2 Å². The third kappa shape index (κ3) is 3.64. The van der Waals surface area contributed by atoms with E-state index in [0.29, 0.717) is 11.6 Å². The van der Waals surface area contributed by atoms with Crippen LogP contribution in [0, 0.1) is 0 Å². The molecule has 0 aliphatic carbocycles. The highest BCUT2D eigenvalue weighted by Gasteiger charge is 2.04. The molecule has 1 N–H and O–H groups in total. The van der Waals surface area contributed by atoms with Crippen molar-refractivity contribution in [2.75, 3.05) is 11.9 Å². The maximum Gasteiger partial charge on any atom is 0.140 e. The summed E-state index contributed by atoms with van der Waals surface area (Å²) in [6.07, 6.45) is 2.53. The van der Waals surface area contributed by atoms with Crippen LogP contribution in [0.1, 0.15) is 13.3 Å². The molecular weight excluding hydrogens is 287 g/mol. The van der Waals surface area contributed by atoms with Crippen LogP contribution in [0.3, 0.4) is 0 Å². The van der Waals surface area contributed by atoms with Crippen molar-refractivity contribution in [1.82, 2.24) is 4.98 Å². The summed E-state index contributed by atoms with van der Waals surface area (Å²) in [5.74, 6) is 0.772. The Bertz CT molecular complexity index is 307. The van der Waals surface area contributed by atoms with Gasteiger partial charge in [-0.2, -0.15) is 0 Å². The molecule has 2 nitrogen and oxygen atoms in total. The largest absolute Gasteiger partial charge is 0.368 e. The van der Waals surface area contributed by atoms with Crippen molar-refractivity contribution in [2.24, 2.45) is 0 Å². The van der Waals surface area contributed by atoms with E-state index >= 15 is 0 Å². The van der Waals surface area contributed by atoms with Gasteiger partial charge in [-0.05, 0) is 28.4 Å². The molecule has 14 heavy (non-hydrogen) atoms. The molecule has 1 atom stereocenters. The molecule has 5 heteroatoms. The molecule has 0 bridgehead atoms. The molecule has 0 spiro atoms. The van der Waals surface area contributed by atoms with Gasteiger partial charge >= 0.3 is 0 Å². The molecule has 1 aromatic heterocycles. The average molecular weight is 298 g/mol. The van der Waals surface area contributed by atoms with Gasteiger partial charge in [-0.3, -0.25) is 0 Å². The fraction of sp³-hybridized carbons (Fsp3) is 0.444. The Morgan fingerprint density at radius 3 is 2.93 bits per heavy atom. The lowest BCUT2D eigenvalue weighted by Crippen LogP contribution is -2.14. The maximum absolute atomic E-state index is 5.97. The molecule has 0 fully saturated rings. The van der Waals surface area contributed by atoms with Gasteiger partial charge < -0.3 is 5.32 Å². The lowest BCUT2D eigenvalue weighted by Gasteiger charge is -2.10. The summed E-state index contributed by atoms with van der Waals surface area (Å²) < 4.78 is 0.852. The molecule has 0 aliphatic heterocycles. The van der Waals surface area contributed by atoms with Crippen LogP contribution < -0.4 is 5.32 Å². The summed E-state index contributed by atoms with van der Waals surface area (Å²) >= 11 is 15.1. The maximum atomic E-state index is 5.97. The van der Waals surface area contributed by atoms with Crippen LogP contribution in [0.2, 0.25) is 5.02 Å². The van der Waals surface area contributed by atoms with E-state index in [1.54, 1.807) is 12.3 Å². The van der Waals surface area contributed by atoms with Crippen LogP contribution in [0.15, 0.2) is 16.7 Å². The number of halogens is 3. The third-order valence-electron chi connectivity index (χ3n) is 1.74. The van der Waals surface area contributed by atoms with Gasteiger partial charge in [-0.25, -0.2) is 4.98 Å². The summed E-state index contributed by atoms with van der Waals surface area (Å²) in [5.41, 5.74) is 0. The van der Waals surface area contributed by atoms with Crippen molar-refractivity contribution in [1.29, 1.82) is 0 Å². The van der Waals surface area contributed by atoms with Crippen LogP contribution in [0.4, 0.5) is 5.82 Å². The second kappa shape index (κ2) is 5.79. The Hall–Kier alpha value is 0.01000. The molecule has 0 saturated heterocycles. The van der Waals surface area contributed by atoms with Crippen molar-refractivity contribution in [3.63, 3.8) is 0 Å². The second-order valence-corrected chi connectivity index (χ2v) is 4.78. The highest BCUT2D eigenvalue weighted by atomic mass is 79.9. The molecule has 1 unspecified atom stereocenters. The number of hydrogen-bond donors (Lipinski definition) is 1. The second-order valence-electron chi connectivity index (χ2n) is 2.87. The highest BCUT2D eigenvalue weighted by Crippen LogP contribution is 2.23. The van der Waals surface area contributed by atoms with E-state index in [1.807, 2.05) is 6.92 Å². The van der Waals surface area contributed by atoms with E-state index in [1.165, 1.54) is 0 Å². The quantitative estimate of drug-likeness (QED) is 0.852. The molecule has 0 radical (unpaired) electrons. The fourth-order valence-corrected chi connectivity index (χ4v) is 1.75. The van der Waals surface area contributed by atoms with Crippen LogP contribution in [0.5, 0.6) is 0 Å². The summed E-state index contributed by atoms with van der Waals surface area (Å²) in [6.45, 7) is 2.75. The van der Waals surface area contributed by atoms with Gasteiger partial charge in [0.2, 0.25) is 0 Å². The molecule has 0 amide bonds. The first kappa shape index (κ1) is 12.1. The van der Waals surface area contributed by atoms with Crippen molar-refractivity contribution >= 4 is 44.9 Å². The number of hydrogen-bond acceptors (Lipinski definition) is 2. The molecule has 78 valence electrons. The topological polar surface area (TPSA) is 24.9 Å². The number of anilines is 1. The Morgan fingerprint density at radius 2 is 2.36 bits per heavy atom. The van der Waals surface area contributed by atoms with Gasteiger partial charge in [0.1, 0.15) is 5.82 Å². The zero-order chi connectivity index (χ0) is 10.6. The predicted molar refractivity (Wildman–Crippen MR) is 65.4 cm³/mol. The normalized spacial score (nSPS) is 12.6. The predicted octanol–water partition coefficient (Wildman–Crippen LogP) is 3.93. The Balaban J connectivity index is 2.59. The summed E-state index contributed by atoms with van der Waals surface area (Å²) in [5, 5.41) is 3.88. The minimum Gasteiger partial charge on any atom is -0.368 e. The Labute approximate surface area is 102 Å². The van der Waals surface area contributed by atoms with Crippen LogP contribution >= 0.6 is 39.1 Å². The lowest BCUT2D eigenvalue weighted by molar-refractivity contribution is 0.840. The van der Waals surface area contributed by atoms with Gasteiger partial charge in [0.15, 0.2) is 0 Å². The number of nitrogens with one attached hydrogen (secondary N) is 1. The van der Waals surface area contributed by atoms with Gasteiger partial charge in [0.25, 0.3) is 0 Å². The van der Waals surface area contributed by atoms with Gasteiger partial charge in [-0.15, -0.1) is 11.6 Å². The first-order valence-corrected chi connectivity index (χ1v) is 5.93. The fourth-order valence-electron chi connectivity index (χ4n) is 0.896. The first-order chi connectivity index (χ1) is 6.63. The number of nitrogens with zero attached hydrogens (tertiary/aromatic N) is 1. The van der Waals surface area contributed by atoms with E-state index in [4.69, 9.17) is 23.2 Å². The number of aromatic nitrogens is 1. The van der Waals surface area contributed by atoms with E-state index in [-0.39, 0.29) is 5.38 Å². The minimum absolute atomic E-state index is 0.124. The van der Waals surface area contributed by atoms with Crippen molar-refractivity contribution in [3.05, 3.63) is 21.8 Å². The van der Waals surface area contributed by atoms with Crippen LogP contribution in [0.25, 0.3) is 0 Å². The smallest absolute Gasteiger partial charge is 0.140 e. The van der Waals surface area contributed by atoms with Crippen molar-refractivity contribution < 1.29 is 0 Å². The molecule has 1 heterocycles. The standard InChI is InChI=1S/C9H11BrCl2N2/c1-2-6(11)4-13-9-8(10)3-7(12)5-14-9/h3,5-6H,2,4H2,1H3,(H,13,14). The highest BCUT2D eigenvalue weighted by molar-refractivity contribution is 9.10. The molecule has 1 rings (SSSR count). The lowest BCUT2D eigenvalue weighted by atomic mass is 10.3. The van der Waals surface area contributed by atoms with Crippen molar-refractivity contribution in [3.8, 4) is 0 Å². The first-order valence-electron chi connectivity index (χ1n) is 4.32. The van der Waals surface area contributed by atoms with Gasteiger partial charge in [0.05, 0.1) is 14.9 Å². The Kier molecular flexibility index (Phi) is 4.99. The van der Waals surface area contributed by atoms with Crippen LogP contribution in [-0.2, 0) is 0 Å². The van der Waals surface area contributed by atoms with Crippen molar-refractivity contribution in [2.45, 2.75) is 18.7 Å². The SMILES string of the molecule is CCC(Cl)CNc1ncc(Cl)cc1Br.